The Bertz CT molecular complexity index is 565. The van der Waals surface area contributed by atoms with Gasteiger partial charge in [-0.15, -0.1) is 0 Å². The molecule has 0 saturated heterocycles. The van der Waals surface area contributed by atoms with Crippen LogP contribution in [0.3, 0.4) is 0 Å². The van der Waals surface area contributed by atoms with Gasteiger partial charge in [-0.25, -0.2) is 0 Å². The van der Waals surface area contributed by atoms with Crippen molar-refractivity contribution in [3.05, 3.63) is 54.4 Å². The molecule has 2 heteroatoms. The Morgan fingerprint density at radius 3 is 1.84 bits per heavy atom. The maximum atomic E-state index is 2.53. The number of hydrogen-bond donors (Lipinski definition) is 0. The fraction of sp³-hybridized carbons (Fsp3) is 0.565. The Kier molecular flexibility index (Phi) is 9.15. The van der Waals surface area contributed by atoms with E-state index in [2.05, 4.69) is 74.1 Å². The quantitative estimate of drug-likeness (QED) is 0.324. The van der Waals surface area contributed by atoms with Crippen molar-refractivity contribution in [1.82, 2.24) is 4.57 Å². The van der Waals surface area contributed by atoms with E-state index in [4.69, 9.17) is 0 Å². The Morgan fingerprint density at radius 1 is 0.760 bits per heavy atom. The monoisotopic (exact) mass is 447 g/mol. The zero-order valence-electron chi connectivity index (χ0n) is 16.6. The van der Waals surface area contributed by atoms with Gasteiger partial charge in [0.25, 0.3) is 0 Å². The first kappa shape index (κ1) is 20.6. The molecule has 1 nitrogen and oxygen atoms in total. The van der Waals surface area contributed by atoms with Gasteiger partial charge in [-0.05, 0) is 0 Å². The van der Waals surface area contributed by atoms with Gasteiger partial charge in [-0.1, -0.05) is 0 Å². The van der Waals surface area contributed by atoms with Gasteiger partial charge >= 0.3 is 160 Å². The van der Waals surface area contributed by atoms with E-state index >= 15 is 0 Å². The minimum atomic E-state index is -2.24. The molecule has 0 amide bonds. The zero-order chi connectivity index (χ0) is 18.0. The molecule has 0 radical (unpaired) electrons. The number of unbranched alkanes of at least 4 members (excludes halogenated alkanes) is 3. The van der Waals surface area contributed by atoms with E-state index in [0.717, 1.165) is 6.54 Å². The first-order valence-corrected chi connectivity index (χ1v) is 17.9. The molecule has 0 saturated carbocycles. The van der Waals surface area contributed by atoms with E-state index in [9.17, 15) is 0 Å². The van der Waals surface area contributed by atoms with Crippen molar-refractivity contribution in [3.8, 4) is 0 Å². The standard InChI is InChI=1S/C11H10N.3C4H9.Sn/c1-2-6-11(7-3-1)10-12-8-4-5-9-12;3*1-3-4-2;/h1-4,6-9H,10H2;3*1,3-4H2,2H3;. The molecule has 0 spiro atoms. The third-order valence-electron chi connectivity index (χ3n) is 5.60. The van der Waals surface area contributed by atoms with Crippen molar-refractivity contribution in [3.63, 3.8) is 0 Å². The molecule has 0 fully saturated rings. The maximum absolute atomic E-state index is 2.53. The average Bonchev–Trinajstić information content (AvgIpc) is 3.11. The van der Waals surface area contributed by atoms with E-state index in [1.165, 1.54) is 44.1 Å². The molecule has 2 rings (SSSR count). The van der Waals surface area contributed by atoms with Gasteiger partial charge in [0.15, 0.2) is 0 Å². The molecule has 0 bridgehead atoms. The first-order chi connectivity index (χ1) is 12.2. The molecule has 1 heterocycles. The van der Waals surface area contributed by atoms with Crippen LogP contribution in [-0.4, -0.2) is 22.9 Å². The first-order valence-electron chi connectivity index (χ1n) is 10.4. The topological polar surface area (TPSA) is 4.93 Å². The van der Waals surface area contributed by atoms with Crippen LogP contribution in [0.25, 0.3) is 0 Å². The van der Waals surface area contributed by atoms with E-state index < -0.39 is 18.4 Å². The molecule has 0 aliphatic carbocycles. The predicted octanol–water partition coefficient (Wildman–Crippen LogP) is 6.59. The Labute approximate surface area is 159 Å². The molecule has 1 aromatic heterocycles. The van der Waals surface area contributed by atoms with Crippen LogP contribution in [0.1, 0.15) is 64.9 Å². The summed E-state index contributed by atoms with van der Waals surface area (Å²) >= 11 is -2.24. The molecule has 2 aromatic rings. The summed E-state index contributed by atoms with van der Waals surface area (Å²) in [5, 5.41) is 0. The number of rotatable bonds is 12. The van der Waals surface area contributed by atoms with Gasteiger partial charge in [0.05, 0.1) is 0 Å². The molecule has 0 N–H and O–H groups in total. The van der Waals surface area contributed by atoms with Crippen molar-refractivity contribution < 1.29 is 0 Å². The normalized spacial score (nSPS) is 11.8. The summed E-state index contributed by atoms with van der Waals surface area (Å²) in [7, 11) is 0. The van der Waals surface area contributed by atoms with E-state index in [1.54, 1.807) is 16.9 Å². The van der Waals surface area contributed by atoms with Crippen LogP contribution in [-0.2, 0) is 6.54 Å². The van der Waals surface area contributed by atoms with Crippen LogP contribution >= 0.6 is 0 Å². The average molecular weight is 446 g/mol. The molecule has 0 aliphatic rings. The van der Waals surface area contributed by atoms with Gasteiger partial charge in [0, 0.05) is 0 Å². The van der Waals surface area contributed by atoms with Crippen LogP contribution in [0.2, 0.25) is 13.3 Å². The van der Waals surface area contributed by atoms with Crippen molar-refractivity contribution in [2.45, 2.75) is 79.2 Å². The third-order valence-corrected chi connectivity index (χ3v) is 21.2. The van der Waals surface area contributed by atoms with Crippen molar-refractivity contribution in [1.29, 1.82) is 0 Å². The SMILES string of the molecule is CCC[CH2][Sn]([CH2]CCC)([CH2]CCC)[c]1ccn(Cc2ccccc2)c1. The van der Waals surface area contributed by atoms with E-state index in [-0.39, 0.29) is 0 Å². The summed E-state index contributed by atoms with van der Waals surface area (Å²) in [6.07, 6.45) is 13.2. The number of nitrogens with zero attached hydrogens (tertiary/aromatic N) is 1. The Balaban J connectivity index is 2.22. The summed E-state index contributed by atoms with van der Waals surface area (Å²) in [6.45, 7) is 8.09. The van der Waals surface area contributed by atoms with Crippen LogP contribution in [0.15, 0.2) is 48.8 Å². The van der Waals surface area contributed by atoms with Crippen LogP contribution in [0.4, 0.5) is 0 Å². The van der Waals surface area contributed by atoms with Crippen LogP contribution in [0, 0.1) is 0 Å². The van der Waals surface area contributed by atoms with Gasteiger partial charge < -0.3 is 0 Å². The fourth-order valence-corrected chi connectivity index (χ4v) is 19.9. The molecule has 0 atom stereocenters. The van der Waals surface area contributed by atoms with E-state index in [1.807, 2.05) is 0 Å². The fourth-order valence-electron chi connectivity index (χ4n) is 4.00. The summed E-state index contributed by atoms with van der Waals surface area (Å²) in [4.78, 5) is 0. The van der Waals surface area contributed by atoms with Crippen molar-refractivity contribution in [2.75, 3.05) is 0 Å². The van der Waals surface area contributed by atoms with Gasteiger partial charge in [0.1, 0.15) is 0 Å². The number of hydrogen-bond acceptors (Lipinski definition) is 0. The zero-order valence-corrected chi connectivity index (χ0v) is 19.5. The summed E-state index contributed by atoms with van der Waals surface area (Å²) in [6, 6.07) is 13.4. The van der Waals surface area contributed by atoms with Crippen molar-refractivity contribution in [2.24, 2.45) is 0 Å². The second-order valence-corrected chi connectivity index (χ2v) is 20.9. The number of aromatic nitrogens is 1. The molecule has 138 valence electrons. The van der Waals surface area contributed by atoms with Crippen LogP contribution in [0.5, 0.6) is 0 Å². The van der Waals surface area contributed by atoms with Crippen LogP contribution < -0.4 is 3.58 Å². The molecular formula is C23H37NSn. The molecular weight excluding hydrogens is 409 g/mol. The summed E-state index contributed by atoms with van der Waals surface area (Å²) in [5.74, 6) is 0. The van der Waals surface area contributed by atoms with Crippen molar-refractivity contribution >= 4 is 22.0 Å². The summed E-state index contributed by atoms with van der Waals surface area (Å²) < 4.78 is 8.89. The number of benzene rings is 1. The predicted molar refractivity (Wildman–Crippen MR) is 115 cm³/mol. The Morgan fingerprint density at radius 2 is 1.32 bits per heavy atom. The second kappa shape index (κ2) is 11.1. The molecule has 0 unspecified atom stereocenters. The van der Waals surface area contributed by atoms with Gasteiger partial charge in [0.2, 0.25) is 0 Å². The minimum absolute atomic E-state index is 1.01. The second-order valence-electron chi connectivity index (χ2n) is 7.65. The van der Waals surface area contributed by atoms with Gasteiger partial charge in [-0.2, -0.15) is 0 Å². The molecule has 25 heavy (non-hydrogen) atoms. The Hall–Kier alpha value is -0.701. The molecule has 0 aliphatic heterocycles. The third kappa shape index (κ3) is 6.20. The van der Waals surface area contributed by atoms with Gasteiger partial charge in [-0.3, -0.25) is 0 Å². The summed E-state index contributed by atoms with van der Waals surface area (Å²) in [5.41, 5.74) is 1.40. The van der Waals surface area contributed by atoms with E-state index in [0.29, 0.717) is 0 Å². The molecule has 1 aromatic carbocycles.